The number of carbonyl (C=O) groups excluding carboxylic acids is 1. The van der Waals surface area contributed by atoms with Crippen LogP contribution in [-0.4, -0.2) is 10.9 Å². The van der Waals surface area contributed by atoms with Crippen LogP contribution >= 0.6 is 57.9 Å². The zero-order valence-electron chi connectivity index (χ0n) is 14.8. The number of thioether (sulfide) groups is 1. The SMILES string of the molecule is O=C(Nc1ccc2nc(SCc3c(Cl)cccc3Cl)sc2c1)c1ccc(Cl)cc1. The van der Waals surface area contributed by atoms with Crippen molar-refractivity contribution in [3.05, 3.63) is 86.9 Å². The first kappa shape index (κ1) is 20.5. The Kier molecular flexibility index (Phi) is 6.32. The van der Waals surface area contributed by atoms with Crippen LogP contribution in [0.4, 0.5) is 5.69 Å². The molecule has 0 aliphatic carbocycles. The molecule has 3 aromatic carbocycles. The Morgan fingerprint density at radius 3 is 2.45 bits per heavy atom. The number of amides is 1. The van der Waals surface area contributed by atoms with E-state index in [0.29, 0.717) is 32.1 Å². The number of carbonyl (C=O) groups is 1. The second-order valence-electron chi connectivity index (χ2n) is 6.11. The predicted octanol–water partition coefficient (Wildman–Crippen LogP) is 7.80. The van der Waals surface area contributed by atoms with Crippen LogP contribution in [0.3, 0.4) is 0 Å². The van der Waals surface area contributed by atoms with Crippen molar-refractivity contribution >= 4 is 79.7 Å². The lowest BCUT2D eigenvalue weighted by Gasteiger charge is -2.05. The quantitative estimate of drug-likeness (QED) is 0.297. The van der Waals surface area contributed by atoms with Crippen molar-refractivity contribution in [2.24, 2.45) is 0 Å². The first-order valence-electron chi connectivity index (χ1n) is 8.53. The molecule has 8 heteroatoms. The normalized spacial score (nSPS) is 11.0. The van der Waals surface area contributed by atoms with Crippen molar-refractivity contribution in [3.63, 3.8) is 0 Å². The predicted molar refractivity (Wildman–Crippen MR) is 125 cm³/mol. The van der Waals surface area contributed by atoms with Crippen LogP contribution in [-0.2, 0) is 5.75 Å². The number of nitrogens with one attached hydrogen (secondary N) is 1. The van der Waals surface area contributed by atoms with E-state index in [0.717, 1.165) is 20.1 Å². The lowest BCUT2D eigenvalue weighted by molar-refractivity contribution is 0.102. The van der Waals surface area contributed by atoms with Gasteiger partial charge in [0.15, 0.2) is 4.34 Å². The van der Waals surface area contributed by atoms with Gasteiger partial charge < -0.3 is 5.32 Å². The lowest BCUT2D eigenvalue weighted by atomic mass is 10.2. The van der Waals surface area contributed by atoms with Gasteiger partial charge in [0.25, 0.3) is 5.91 Å². The molecule has 0 unspecified atom stereocenters. The van der Waals surface area contributed by atoms with Crippen LogP contribution in [0.15, 0.2) is 65.0 Å². The molecular weight excluding hydrogens is 467 g/mol. The van der Waals surface area contributed by atoms with Gasteiger partial charge in [-0.15, -0.1) is 11.3 Å². The monoisotopic (exact) mass is 478 g/mol. The average Bonchev–Trinajstić information content (AvgIpc) is 3.10. The number of aromatic nitrogens is 1. The number of thiazole rings is 1. The van der Waals surface area contributed by atoms with Gasteiger partial charge in [-0.3, -0.25) is 4.79 Å². The molecule has 0 saturated carbocycles. The van der Waals surface area contributed by atoms with Crippen molar-refractivity contribution in [2.75, 3.05) is 5.32 Å². The lowest BCUT2D eigenvalue weighted by Crippen LogP contribution is -2.11. The number of fused-ring (bicyclic) bond motifs is 1. The molecule has 4 aromatic rings. The first-order valence-corrected chi connectivity index (χ1v) is 11.5. The van der Waals surface area contributed by atoms with E-state index in [1.165, 1.54) is 0 Å². The molecule has 1 N–H and O–H groups in total. The smallest absolute Gasteiger partial charge is 0.255 e. The van der Waals surface area contributed by atoms with E-state index in [2.05, 4.69) is 10.3 Å². The van der Waals surface area contributed by atoms with Crippen molar-refractivity contribution in [1.82, 2.24) is 4.98 Å². The summed E-state index contributed by atoms with van der Waals surface area (Å²) in [5, 5.41) is 4.80. The Bertz CT molecular complexity index is 1170. The molecular formula is C21H13Cl3N2OS2. The van der Waals surface area contributed by atoms with Crippen LogP contribution in [0.5, 0.6) is 0 Å². The van der Waals surface area contributed by atoms with E-state index in [1.54, 1.807) is 47.4 Å². The van der Waals surface area contributed by atoms with Crippen LogP contribution in [0, 0.1) is 0 Å². The van der Waals surface area contributed by atoms with E-state index in [4.69, 9.17) is 34.8 Å². The summed E-state index contributed by atoms with van der Waals surface area (Å²) in [6, 6.07) is 17.9. The number of hydrogen-bond acceptors (Lipinski definition) is 4. The van der Waals surface area contributed by atoms with Gasteiger partial charge in [0.1, 0.15) is 0 Å². The van der Waals surface area contributed by atoms with Crippen LogP contribution in [0.25, 0.3) is 10.2 Å². The van der Waals surface area contributed by atoms with Crippen molar-refractivity contribution in [3.8, 4) is 0 Å². The number of halogens is 3. The third kappa shape index (κ3) is 4.87. The molecule has 3 nitrogen and oxygen atoms in total. The van der Waals surface area contributed by atoms with Crippen molar-refractivity contribution in [2.45, 2.75) is 10.1 Å². The Hall–Kier alpha value is -1.76. The van der Waals surface area contributed by atoms with Crippen molar-refractivity contribution < 1.29 is 4.79 Å². The molecule has 0 bridgehead atoms. The minimum Gasteiger partial charge on any atom is -0.322 e. The molecule has 1 heterocycles. The highest BCUT2D eigenvalue weighted by Gasteiger charge is 2.11. The molecule has 0 spiro atoms. The molecule has 0 aliphatic rings. The van der Waals surface area contributed by atoms with E-state index in [1.807, 2.05) is 36.4 Å². The second-order valence-corrected chi connectivity index (χ2v) is 9.62. The van der Waals surface area contributed by atoms with Gasteiger partial charge >= 0.3 is 0 Å². The number of nitrogens with zero attached hydrogens (tertiary/aromatic N) is 1. The van der Waals surface area contributed by atoms with E-state index in [-0.39, 0.29) is 5.91 Å². The molecule has 1 aromatic heterocycles. The Morgan fingerprint density at radius 1 is 1.00 bits per heavy atom. The molecule has 0 fully saturated rings. The fourth-order valence-electron chi connectivity index (χ4n) is 2.65. The minimum absolute atomic E-state index is 0.187. The Labute approximate surface area is 191 Å². The summed E-state index contributed by atoms with van der Waals surface area (Å²) >= 11 is 21.5. The number of benzene rings is 3. The van der Waals surface area contributed by atoms with Gasteiger partial charge in [-0.05, 0) is 60.2 Å². The van der Waals surface area contributed by atoms with Gasteiger partial charge in [-0.25, -0.2) is 4.98 Å². The zero-order valence-corrected chi connectivity index (χ0v) is 18.7. The van der Waals surface area contributed by atoms with E-state index >= 15 is 0 Å². The summed E-state index contributed by atoms with van der Waals surface area (Å²) in [6.45, 7) is 0. The summed E-state index contributed by atoms with van der Waals surface area (Å²) in [5.74, 6) is 0.451. The highest BCUT2D eigenvalue weighted by atomic mass is 35.5. The molecule has 1 amide bonds. The highest BCUT2D eigenvalue weighted by molar-refractivity contribution is 8.00. The van der Waals surface area contributed by atoms with Crippen LogP contribution in [0.2, 0.25) is 15.1 Å². The number of hydrogen-bond donors (Lipinski definition) is 1. The standard InChI is InChI=1S/C21H13Cl3N2OS2/c22-13-6-4-12(5-7-13)20(27)25-14-8-9-18-19(10-14)29-21(26-18)28-11-15-16(23)2-1-3-17(15)24/h1-10H,11H2,(H,25,27). The summed E-state index contributed by atoms with van der Waals surface area (Å²) < 4.78 is 1.91. The topological polar surface area (TPSA) is 42.0 Å². The number of anilines is 1. The van der Waals surface area contributed by atoms with E-state index < -0.39 is 0 Å². The van der Waals surface area contributed by atoms with Gasteiger partial charge in [0, 0.05) is 32.1 Å². The average molecular weight is 480 g/mol. The molecule has 0 aliphatic heterocycles. The van der Waals surface area contributed by atoms with Gasteiger partial charge in [0.2, 0.25) is 0 Å². The maximum absolute atomic E-state index is 12.4. The Morgan fingerprint density at radius 2 is 1.72 bits per heavy atom. The largest absolute Gasteiger partial charge is 0.322 e. The zero-order chi connectivity index (χ0) is 20.4. The second kappa shape index (κ2) is 8.94. The minimum atomic E-state index is -0.187. The molecule has 0 saturated heterocycles. The van der Waals surface area contributed by atoms with Crippen molar-refractivity contribution in [1.29, 1.82) is 0 Å². The Balaban J connectivity index is 1.49. The van der Waals surface area contributed by atoms with Gasteiger partial charge in [-0.1, -0.05) is 52.6 Å². The summed E-state index contributed by atoms with van der Waals surface area (Å²) in [7, 11) is 0. The molecule has 146 valence electrons. The molecule has 0 atom stereocenters. The molecule has 29 heavy (non-hydrogen) atoms. The third-order valence-corrected chi connectivity index (χ3v) is 7.28. The summed E-state index contributed by atoms with van der Waals surface area (Å²) in [6.07, 6.45) is 0. The highest BCUT2D eigenvalue weighted by Crippen LogP contribution is 2.36. The maximum Gasteiger partial charge on any atom is 0.255 e. The molecule has 0 radical (unpaired) electrons. The van der Waals surface area contributed by atoms with E-state index in [9.17, 15) is 4.79 Å². The summed E-state index contributed by atoms with van der Waals surface area (Å²) in [5.41, 5.74) is 3.04. The van der Waals surface area contributed by atoms with Crippen LogP contribution in [0.1, 0.15) is 15.9 Å². The maximum atomic E-state index is 12.4. The van der Waals surface area contributed by atoms with Crippen LogP contribution < -0.4 is 5.32 Å². The summed E-state index contributed by atoms with van der Waals surface area (Å²) in [4.78, 5) is 17.0. The third-order valence-electron chi connectivity index (χ3n) is 4.13. The number of rotatable bonds is 5. The molecule has 4 rings (SSSR count). The fourth-order valence-corrected chi connectivity index (χ4v) is 5.63. The van der Waals surface area contributed by atoms with Gasteiger partial charge in [0.05, 0.1) is 10.2 Å². The van der Waals surface area contributed by atoms with Gasteiger partial charge in [-0.2, -0.15) is 0 Å². The fraction of sp³-hybridized carbons (Fsp3) is 0.0476. The first-order chi connectivity index (χ1) is 14.0.